The van der Waals surface area contributed by atoms with Crippen molar-refractivity contribution in [3.05, 3.63) is 18.1 Å². The van der Waals surface area contributed by atoms with Gasteiger partial charge in [-0.05, 0) is 6.07 Å². The Morgan fingerprint density at radius 2 is 2.46 bits per heavy atom. The zero-order valence-corrected chi connectivity index (χ0v) is 7.01. The number of rotatable bonds is 2. The summed E-state index contributed by atoms with van der Waals surface area (Å²) in [4.78, 5) is 3.91. The highest BCUT2D eigenvalue weighted by Crippen LogP contribution is 2.13. The van der Waals surface area contributed by atoms with Crippen LogP contribution in [0.15, 0.2) is 16.8 Å². The minimum Gasteiger partial charge on any atom is -0.388 e. The highest BCUT2D eigenvalue weighted by Gasteiger charge is 2.09. The lowest BCUT2D eigenvalue weighted by Crippen LogP contribution is -1.88. The summed E-state index contributed by atoms with van der Waals surface area (Å²) in [5.74, 6) is 0.588. The molecule has 1 N–H and O–H groups in total. The molecule has 0 spiro atoms. The van der Waals surface area contributed by atoms with Crippen molar-refractivity contribution in [2.45, 2.75) is 6.61 Å². The zero-order chi connectivity index (χ0) is 9.26. The third kappa shape index (κ3) is 1.43. The van der Waals surface area contributed by atoms with Crippen LogP contribution in [0, 0.1) is 0 Å². The SMILES string of the molecule is Cn1ccc(-c2nc(CO)no2)n1. The molecule has 0 aliphatic carbocycles. The summed E-state index contributed by atoms with van der Waals surface area (Å²) in [6.45, 7) is -0.226. The Morgan fingerprint density at radius 3 is 3.00 bits per heavy atom. The molecular weight excluding hydrogens is 172 g/mol. The first-order valence-electron chi connectivity index (χ1n) is 3.73. The highest BCUT2D eigenvalue weighted by atomic mass is 16.5. The molecule has 0 atom stereocenters. The first-order valence-corrected chi connectivity index (χ1v) is 3.73. The fourth-order valence-corrected chi connectivity index (χ4v) is 0.951. The van der Waals surface area contributed by atoms with Gasteiger partial charge in [-0.2, -0.15) is 10.1 Å². The van der Waals surface area contributed by atoms with Crippen molar-refractivity contribution in [2.75, 3.05) is 0 Å². The molecule has 0 saturated carbocycles. The van der Waals surface area contributed by atoms with E-state index in [4.69, 9.17) is 9.63 Å². The average Bonchev–Trinajstić information content (AvgIpc) is 2.71. The van der Waals surface area contributed by atoms with Gasteiger partial charge in [-0.15, -0.1) is 0 Å². The van der Waals surface area contributed by atoms with Gasteiger partial charge in [0.1, 0.15) is 6.61 Å². The molecule has 0 bridgehead atoms. The van der Waals surface area contributed by atoms with Gasteiger partial charge in [-0.1, -0.05) is 5.16 Å². The zero-order valence-electron chi connectivity index (χ0n) is 7.01. The van der Waals surface area contributed by atoms with E-state index in [1.165, 1.54) is 0 Å². The summed E-state index contributed by atoms with van der Waals surface area (Å²) >= 11 is 0. The van der Waals surface area contributed by atoms with Gasteiger partial charge in [0.15, 0.2) is 11.5 Å². The second-order valence-electron chi connectivity index (χ2n) is 2.55. The van der Waals surface area contributed by atoms with Gasteiger partial charge in [-0.25, -0.2) is 0 Å². The van der Waals surface area contributed by atoms with Crippen LogP contribution in [0.2, 0.25) is 0 Å². The van der Waals surface area contributed by atoms with Crippen molar-refractivity contribution in [3.8, 4) is 11.6 Å². The van der Waals surface area contributed by atoms with Gasteiger partial charge in [0.2, 0.25) is 0 Å². The Balaban J connectivity index is 2.35. The maximum atomic E-state index is 8.69. The van der Waals surface area contributed by atoms with Crippen LogP contribution < -0.4 is 0 Å². The Kier molecular flexibility index (Phi) is 1.82. The third-order valence-electron chi connectivity index (χ3n) is 1.54. The van der Waals surface area contributed by atoms with E-state index in [1.54, 1.807) is 24.0 Å². The van der Waals surface area contributed by atoms with E-state index in [9.17, 15) is 0 Å². The summed E-state index contributed by atoms with van der Waals surface area (Å²) in [6.07, 6.45) is 1.78. The molecule has 68 valence electrons. The third-order valence-corrected chi connectivity index (χ3v) is 1.54. The minimum atomic E-state index is -0.226. The molecular formula is C7H8N4O2. The fraction of sp³-hybridized carbons (Fsp3) is 0.286. The molecule has 0 aliphatic heterocycles. The van der Waals surface area contributed by atoms with Gasteiger partial charge in [0, 0.05) is 13.2 Å². The van der Waals surface area contributed by atoms with E-state index < -0.39 is 0 Å². The molecule has 0 saturated heterocycles. The molecule has 0 radical (unpaired) electrons. The van der Waals surface area contributed by atoms with Crippen molar-refractivity contribution in [3.63, 3.8) is 0 Å². The Morgan fingerprint density at radius 1 is 1.62 bits per heavy atom. The molecule has 2 aromatic rings. The maximum Gasteiger partial charge on any atom is 0.278 e. The van der Waals surface area contributed by atoms with Crippen LogP contribution >= 0.6 is 0 Å². The quantitative estimate of drug-likeness (QED) is 0.701. The molecule has 0 amide bonds. The predicted molar refractivity (Wildman–Crippen MR) is 42.4 cm³/mol. The fourth-order valence-electron chi connectivity index (χ4n) is 0.951. The van der Waals surface area contributed by atoms with Gasteiger partial charge in [-0.3, -0.25) is 4.68 Å². The van der Waals surface area contributed by atoms with E-state index in [0.717, 1.165) is 0 Å². The first kappa shape index (κ1) is 7.93. The number of aliphatic hydroxyl groups excluding tert-OH is 1. The lowest BCUT2D eigenvalue weighted by Gasteiger charge is -1.84. The van der Waals surface area contributed by atoms with Gasteiger partial charge in [0.05, 0.1) is 0 Å². The molecule has 2 aromatic heterocycles. The van der Waals surface area contributed by atoms with Crippen molar-refractivity contribution < 1.29 is 9.63 Å². The molecule has 6 nitrogen and oxygen atoms in total. The smallest absolute Gasteiger partial charge is 0.278 e. The van der Waals surface area contributed by atoms with E-state index >= 15 is 0 Å². The molecule has 0 fully saturated rings. The van der Waals surface area contributed by atoms with Crippen LogP contribution in [-0.4, -0.2) is 25.0 Å². The van der Waals surface area contributed by atoms with Crippen molar-refractivity contribution >= 4 is 0 Å². The van der Waals surface area contributed by atoms with E-state index in [-0.39, 0.29) is 12.4 Å². The van der Waals surface area contributed by atoms with E-state index in [0.29, 0.717) is 11.6 Å². The molecule has 13 heavy (non-hydrogen) atoms. The number of hydrogen-bond acceptors (Lipinski definition) is 5. The standard InChI is InChI=1S/C7H8N4O2/c1-11-3-2-5(9-11)7-8-6(4-12)10-13-7/h2-3,12H,4H2,1H3. The maximum absolute atomic E-state index is 8.69. The summed E-state index contributed by atoms with van der Waals surface area (Å²) in [5, 5.41) is 16.3. The van der Waals surface area contributed by atoms with Crippen LogP contribution in [0.3, 0.4) is 0 Å². The second kappa shape index (κ2) is 2.98. The Hall–Kier alpha value is -1.69. The Labute approximate surface area is 73.8 Å². The van der Waals surface area contributed by atoms with Crippen molar-refractivity contribution in [1.29, 1.82) is 0 Å². The first-order chi connectivity index (χ1) is 6.29. The molecule has 2 rings (SSSR count). The number of aromatic nitrogens is 4. The van der Waals surface area contributed by atoms with Crippen LogP contribution in [0.4, 0.5) is 0 Å². The lowest BCUT2D eigenvalue weighted by molar-refractivity contribution is 0.264. The van der Waals surface area contributed by atoms with Gasteiger partial charge < -0.3 is 9.63 Å². The van der Waals surface area contributed by atoms with Crippen LogP contribution in [0.5, 0.6) is 0 Å². The molecule has 0 unspecified atom stereocenters. The summed E-state index contributed by atoms with van der Waals surface area (Å²) in [6, 6.07) is 1.76. The van der Waals surface area contributed by atoms with E-state index in [2.05, 4.69) is 15.2 Å². The second-order valence-corrected chi connectivity index (χ2v) is 2.55. The average molecular weight is 180 g/mol. The van der Waals surface area contributed by atoms with Gasteiger partial charge in [0.25, 0.3) is 5.89 Å². The normalized spacial score (nSPS) is 10.6. The largest absolute Gasteiger partial charge is 0.388 e. The summed E-state index contributed by atoms with van der Waals surface area (Å²) in [7, 11) is 1.80. The lowest BCUT2D eigenvalue weighted by atomic mass is 10.4. The van der Waals surface area contributed by atoms with Crippen LogP contribution in [0.25, 0.3) is 11.6 Å². The number of nitrogens with zero attached hydrogens (tertiary/aromatic N) is 4. The number of aliphatic hydroxyl groups is 1. The summed E-state index contributed by atoms with van der Waals surface area (Å²) in [5.41, 5.74) is 0.606. The van der Waals surface area contributed by atoms with Crippen molar-refractivity contribution in [2.24, 2.45) is 7.05 Å². The molecule has 0 aliphatic rings. The predicted octanol–water partition coefficient (Wildman–Crippen LogP) is -0.0376. The molecule has 2 heterocycles. The topological polar surface area (TPSA) is 77.0 Å². The van der Waals surface area contributed by atoms with Gasteiger partial charge >= 0.3 is 0 Å². The number of hydrogen-bond donors (Lipinski definition) is 1. The minimum absolute atomic E-state index is 0.226. The Bertz CT molecular complexity index is 406. The van der Waals surface area contributed by atoms with Crippen LogP contribution in [-0.2, 0) is 13.7 Å². The van der Waals surface area contributed by atoms with Crippen LogP contribution in [0.1, 0.15) is 5.82 Å². The number of aryl methyl sites for hydroxylation is 1. The molecule has 0 aromatic carbocycles. The highest BCUT2D eigenvalue weighted by molar-refractivity contribution is 5.44. The summed E-state index contributed by atoms with van der Waals surface area (Å²) < 4.78 is 6.50. The van der Waals surface area contributed by atoms with Crippen molar-refractivity contribution in [1.82, 2.24) is 19.9 Å². The molecule has 6 heteroatoms. The van der Waals surface area contributed by atoms with E-state index in [1.807, 2.05) is 0 Å². The monoisotopic (exact) mass is 180 g/mol.